The highest BCUT2D eigenvalue weighted by molar-refractivity contribution is 5.19. The maximum Gasteiger partial charge on any atom is 0.130 e. The first kappa shape index (κ1) is 12.5. The van der Waals surface area contributed by atoms with Gasteiger partial charge in [0.15, 0.2) is 0 Å². The summed E-state index contributed by atoms with van der Waals surface area (Å²) in [6.45, 7) is 3.49. The van der Waals surface area contributed by atoms with Gasteiger partial charge >= 0.3 is 0 Å². The van der Waals surface area contributed by atoms with Crippen LogP contribution in [0.25, 0.3) is 0 Å². The van der Waals surface area contributed by atoms with E-state index in [9.17, 15) is 8.78 Å². The Balaban J connectivity index is 2.13. The van der Waals surface area contributed by atoms with Gasteiger partial charge in [-0.2, -0.15) is 0 Å². The van der Waals surface area contributed by atoms with Crippen LogP contribution in [0.1, 0.15) is 38.2 Å². The minimum atomic E-state index is -0.426. The van der Waals surface area contributed by atoms with E-state index in [1.54, 1.807) is 0 Å². The van der Waals surface area contributed by atoms with E-state index in [2.05, 4.69) is 11.8 Å². The van der Waals surface area contributed by atoms with Gasteiger partial charge in [0, 0.05) is 18.2 Å². The van der Waals surface area contributed by atoms with E-state index in [1.807, 2.05) is 0 Å². The van der Waals surface area contributed by atoms with Crippen LogP contribution in [0.3, 0.4) is 0 Å². The third-order valence-electron chi connectivity index (χ3n) is 3.64. The highest BCUT2D eigenvalue weighted by Gasteiger charge is 2.22. The van der Waals surface area contributed by atoms with Gasteiger partial charge in [0.1, 0.15) is 11.6 Å². The lowest BCUT2D eigenvalue weighted by molar-refractivity contribution is 0.133. The van der Waals surface area contributed by atoms with Crippen molar-refractivity contribution in [3.8, 4) is 0 Å². The van der Waals surface area contributed by atoms with Crippen molar-refractivity contribution < 1.29 is 8.78 Å². The van der Waals surface area contributed by atoms with Gasteiger partial charge in [-0.25, -0.2) is 8.78 Å². The monoisotopic (exact) mass is 239 g/mol. The molecule has 1 aromatic rings. The molecule has 1 aromatic carbocycles. The van der Waals surface area contributed by atoms with Crippen LogP contribution in [0.15, 0.2) is 18.2 Å². The van der Waals surface area contributed by atoms with Gasteiger partial charge in [-0.3, -0.25) is 4.90 Å². The highest BCUT2D eigenvalue weighted by Crippen LogP contribution is 2.23. The van der Waals surface area contributed by atoms with Crippen molar-refractivity contribution in [2.24, 2.45) is 0 Å². The van der Waals surface area contributed by atoms with Crippen molar-refractivity contribution >= 4 is 0 Å². The van der Waals surface area contributed by atoms with E-state index in [1.165, 1.54) is 24.6 Å². The lowest BCUT2D eigenvalue weighted by Crippen LogP contribution is -2.38. The zero-order chi connectivity index (χ0) is 12.3. The molecule has 0 saturated carbocycles. The predicted molar refractivity (Wildman–Crippen MR) is 64.7 cm³/mol. The van der Waals surface area contributed by atoms with E-state index in [0.29, 0.717) is 12.6 Å². The summed E-state index contributed by atoms with van der Waals surface area (Å²) in [7, 11) is 0. The van der Waals surface area contributed by atoms with Gasteiger partial charge in [0.2, 0.25) is 0 Å². The standard InChI is InChI=1S/C14H19F2N/c1-2-11-6-3-4-9-17(11)10-12-13(15)7-5-8-14(12)16/h5,7-8,11H,2-4,6,9-10H2,1H3/t11-/m1/s1. The fourth-order valence-electron chi connectivity index (χ4n) is 2.62. The summed E-state index contributed by atoms with van der Waals surface area (Å²) in [5.41, 5.74) is 0.216. The second kappa shape index (κ2) is 5.58. The van der Waals surface area contributed by atoms with Gasteiger partial charge in [-0.05, 0) is 37.9 Å². The summed E-state index contributed by atoms with van der Waals surface area (Å²) in [5.74, 6) is -0.851. The van der Waals surface area contributed by atoms with E-state index in [4.69, 9.17) is 0 Å². The summed E-state index contributed by atoms with van der Waals surface area (Å²) < 4.78 is 27.1. The van der Waals surface area contributed by atoms with Crippen molar-refractivity contribution in [1.82, 2.24) is 4.90 Å². The molecule has 0 bridgehead atoms. The molecule has 1 atom stereocenters. The Bertz CT molecular complexity index is 358. The largest absolute Gasteiger partial charge is 0.296 e. The minimum Gasteiger partial charge on any atom is -0.296 e. The summed E-state index contributed by atoms with van der Waals surface area (Å²) in [6, 6.07) is 4.57. The summed E-state index contributed by atoms with van der Waals surface area (Å²) in [4.78, 5) is 2.21. The zero-order valence-electron chi connectivity index (χ0n) is 10.3. The predicted octanol–water partition coefficient (Wildman–Crippen LogP) is 3.73. The average Bonchev–Trinajstić information content (AvgIpc) is 2.34. The summed E-state index contributed by atoms with van der Waals surface area (Å²) in [6.07, 6.45) is 4.56. The van der Waals surface area contributed by atoms with E-state index >= 15 is 0 Å². The SMILES string of the molecule is CC[C@@H]1CCCCN1Cc1c(F)cccc1F. The number of benzene rings is 1. The maximum absolute atomic E-state index is 13.6. The van der Waals surface area contributed by atoms with Crippen molar-refractivity contribution in [3.63, 3.8) is 0 Å². The molecular formula is C14H19F2N. The molecule has 2 rings (SSSR count). The zero-order valence-corrected chi connectivity index (χ0v) is 10.3. The van der Waals surface area contributed by atoms with Gasteiger partial charge in [0.05, 0.1) is 0 Å². The van der Waals surface area contributed by atoms with Crippen LogP contribution in [-0.4, -0.2) is 17.5 Å². The van der Waals surface area contributed by atoms with Gasteiger partial charge in [-0.15, -0.1) is 0 Å². The smallest absolute Gasteiger partial charge is 0.130 e. The molecule has 1 saturated heterocycles. The molecular weight excluding hydrogens is 220 g/mol. The molecule has 0 spiro atoms. The second-order valence-electron chi connectivity index (χ2n) is 4.73. The second-order valence-corrected chi connectivity index (χ2v) is 4.73. The van der Waals surface area contributed by atoms with E-state index < -0.39 is 11.6 Å². The average molecular weight is 239 g/mol. The van der Waals surface area contributed by atoms with Crippen LogP contribution >= 0.6 is 0 Å². The van der Waals surface area contributed by atoms with Crippen molar-refractivity contribution in [1.29, 1.82) is 0 Å². The molecule has 0 radical (unpaired) electrons. The molecule has 1 aliphatic heterocycles. The van der Waals surface area contributed by atoms with Gasteiger partial charge in [-0.1, -0.05) is 19.4 Å². The Kier molecular flexibility index (Phi) is 4.11. The fourth-order valence-corrected chi connectivity index (χ4v) is 2.62. The number of piperidine rings is 1. The third-order valence-corrected chi connectivity index (χ3v) is 3.64. The fraction of sp³-hybridized carbons (Fsp3) is 0.571. The Morgan fingerprint density at radius 3 is 2.59 bits per heavy atom. The molecule has 0 aliphatic carbocycles. The van der Waals surface area contributed by atoms with Gasteiger partial charge in [0.25, 0.3) is 0 Å². The molecule has 17 heavy (non-hydrogen) atoms. The Morgan fingerprint density at radius 1 is 1.24 bits per heavy atom. The molecule has 1 aliphatic rings. The number of nitrogens with zero attached hydrogens (tertiary/aromatic N) is 1. The Hall–Kier alpha value is -0.960. The molecule has 3 heteroatoms. The van der Waals surface area contributed by atoms with Crippen LogP contribution in [0.2, 0.25) is 0 Å². The first-order valence-corrected chi connectivity index (χ1v) is 6.39. The van der Waals surface area contributed by atoms with Crippen LogP contribution in [0, 0.1) is 11.6 Å². The molecule has 0 N–H and O–H groups in total. The number of hydrogen-bond acceptors (Lipinski definition) is 1. The Morgan fingerprint density at radius 2 is 1.94 bits per heavy atom. The molecule has 1 fully saturated rings. The van der Waals surface area contributed by atoms with Gasteiger partial charge < -0.3 is 0 Å². The normalized spacial score (nSPS) is 21.7. The topological polar surface area (TPSA) is 3.24 Å². The maximum atomic E-state index is 13.6. The number of hydrogen-bond donors (Lipinski definition) is 0. The summed E-state index contributed by atoms with van der Waals surface area (Å²) >= 11 is 0. The number of halogens is 2. The quantitative estimate of drug-likeness (QED) is 0.777. The lowest BCUT2D eigenvalue weighted by Gasteiger charge is -2.35. The highest BCUT2D eigenvalue weighted by atomic mass is 19.1. The first-order valence-electron chi connectivity index (χ1n) is 6.39. The van der Waals surface area contributed by atoms with Crippen molar-refractivity contribution in [2.75, 3.05) is 6.54 Å². The van der Waals surface area contributed by atoms with Crippen LogP contribution < -0.4 is 0 Å². The first-order chi connectivity index (χ1) is 8.22. The number of likely N-dealkylation sites (tertiary alicyclic amines) is 1. The molecule has 0 unspecified atom stereocenters. The molecule has 0 aromatic heterocycles. The lowest BCUT2D eigenvalue weighted by atomic mass is 9.99. The molecule has 94 valence electrons. The molecule has 0 amide bonds. The molecule has 1 heterocycles. The van der Waals surface area contributed by atoms with Crippen LogP contribution in [-0.2, 0) is 6.54 Å². The summed E-state index contributed by atoms with van der Waals surface area (Å²) in [5, 5.41) is 0. The van der Waals surface area contributed by atoms with E-state index in [0.717, 1.165) is 25.8 Å². The Labute approximate surface area is 101 Å². The third kappa shape index (κ3) is 2.83. The van der Waals surface area contributed by atoms with Crippen LogP contribution in [0.4, 0.5) is 8.78 Å². The molecule has 1 nitrogen and oxygen atoms in total. The van der Waals surface area contributed by atoms with Crippen molar-refractivity contribution in [2.45, 2.75) is 45.2 Å². The number of rotatable bonds is 3. The van der Waals surface area contributed by atoms with Crippen molar-refractivity contribution in [3.05, 3.63) is 35.4 Å². The minimum absolute atomic E-state index is 0.216. The van der Waals surface area contributed by atoms with Crippen LogP contribution in [0.5, 0.6) is 0 Å². The van der Waals surface area contributed by atoms with E-state index in [-0.39, 0.29) is 5.56 Å².